The molecular weight excluding hydrogens is 336 g/mol. The van der Waals surface area contributed by atoms with Crippen LogP contribution in [0.5, 0.6) is 0 Å². The molecule has 0 aliphatic carbocycles. The second-order valence-corrected chi connectivity index (χ2v) is 5.83. The lowest BCUT2D eigenvalue weighted by atomic mass is 10.2. The zero-order chi connectivity index (χ0) is 17.2. The Morgan fingerprint density at radius 1 is 1.08 bits per heavy atom. The molecule has 122 valence electrons. The van der Waals surface area contributed by atoms with Crippen LogP contribution in [0.3, 0.4) is 0 Å². The van der Waals surface area contributed by atoms with Gasteiger partial charge in [0.15, 0.2) is 5.82 Å². The molecule has 6 nitrogen and oxygen atoms in total. The maximum atomic E-state index is 6.77. The van der Waals surface area contributed by atoms with E-state index in [-0.39, 0.29) is 0 Å². The van der Waals surface area contributed by atoms with Crippen LogP contribution in [-0.4, -0.2) is 15.6 Å². The summed E-state index contributed by atoms with van der Waals surface area (Å²) in [6.07, 6.45) is 3.51. The molecule has 25 heavy (non-hydrogen) atoms. The molecule has 0 bridgehead atoms. The van der Waals surface area contributed by atoms with Gasteiger partial charge in [0.1, 0.15) is 0 Å². The van der Waals surface area contributed by atoms with Crippen LogP contribution in [0.2, 0.25) is 5.02 Å². The Morgan fingerprint density at radius 2 is 1.96 bits per heavy atom. The van der Waals surface area contributed by atoms with Gasteiger partial charge in [-0.05, 0) is 42.0 Å². The SMILES string of the molecule is N=NN=Cc1ccc2c(c1)nc(Nc1ccccc1Cl)c1cccn12. The fraction of sp³-hybridized carbons (Fsp3) is 0. The summed E-state index contributed by atoms with van der Waals surface area (Å²) in [4.78, 5) is 4.75. The van der Waals surface area contributed by atoms with Crippen molar-refractivity contribution in [2.75, 3.05) is 5.32 Å². The van der Waals surface area contributed by atoms with E-state index in [0.717, 1.165) is 27.8 Å². The highest BCUT2D eigenvalue weighted by Crippen LogP contribution is 2.29. The van der Waals surface area contributed by atoms with E-state index in [0.29, 0.717) is 10.8 Å². The molecule has 0 saturated heterocycles. The number of rotatable bonds is 4. The minimum Gasteiger partial charge on any atom is -0.337 e. The van der Waals surface area contributed by atoms with Gasteiger partial charge in [-0.15, -0.1) is 5.10 Å². The predicted octanol–water partition coefficient (Wildman–Crippen LogP) is 5.25. The summed E-state index contributed by atoms with van der Waals surface area (Å²) >= 11 is 6.26. The van der Waals surface area contributed by atoms with Gasteiger partial charge in [-0.2, -0.15) is 5.53 Å². The molecule has 0 amide bonds. The van der Waals surface area contributed by atoms with Crippen molar-refractivity contribution in [1.82, 2.24) is 9.38 Å². The highest BCUT2D eigenvalue weighted by molar-refractivity contribution is 6.33. The van der Waals surface area contributed by atoms with Gasteiger partial charge < -0.3 is 9.72 Å². The Labute approximate surface area is 148 Å². The monoisotopic (exact) mass is 348 g/mol. The minimum absolute atomic E-state index is 0.632. The molecule has 0 spiro atoms. The van der Waals surface area contributed by atoms with Crippen LogP contribution in [0.1, 0.15) is 5.56 Å². The normalized spacial score (nSPS) is 11.4. The molecule has 7 heteroatoms. The fourth-order valence-corrected chi connectivity index (χ4v) is 2.94. The van der Waals surface area contributed by atoms with Crippen LogP contribution in [-0.2, 0) is 0 Å². The Morgan fingerprint density at radius 3 is 2.80 bits per heavy atom. The standard InChI is InChI=1S/C18H13ClN6/c19-13-4-1-2-5-14(13)22-18-17-6-3-9-25(17)16-8-7-12(11-21-24-20)10-15(16)23-18/h1-11,20H,(H,22,23). The molecule has 2 heterocycles. The number of nitrogens with zero attached hydrogens (tertiary/aromatic N) is 4. The van der Waals surface area contributed by atoms with Crippen molar-refractivity contribution in [2.24, 2.45) is 10.3 Å². The average molecular weight is 349 g/mol. The Kier molecular flexibility index (Phi) is 3.87. The molecule has 2 aromatic heterocycles. The molecule has 4 aromatic rings. The second kappa shape index (κ2) is 6.33. The van der Waals surface area contributed by atoms with Gasteiger partial charge in [0, 0.05) is 6.20 Å². The van der Waals surface area contributed by atoms with Crippen LogP contribution in [0.4, 0.5) is 11.5 Å². The first-order valence-corrected chi connectivity index (χ1v) is 7.96. The van der Waals surface area contributed by atoms with E-state index in [2.05, 4.69) is 20.0 Å². The van der Waals surface area contributed by atoms with Gasteiger partial charge >= 0.3 is 0 Å². The zero-order valence-corrected chi connectivity index (χ0v) is 13.8. The van der Waals surface area contributed by atoms with Gasteiger partial charge in [-0.3, -0.25) is 0 Å². The predicted molar refractivity (Wildman–Crippen MR) is 100 cm³/mol. The van der Waals surface area contributed by atoms with Gasteiger partial charge in [0.25, 0.3) is 0 Å². The molecule has 2 N–H and O–H groups in total. The molecule has 0 aliphatic heterocycles. The van der Waals surface area contributed by atoms with E-state index in [4.69, 9.17) is 22.1 Å². The van der Waals surface area contributed by atoms with Crippen LogP contribution < -0.4 is 5.32 Å². The molecule has 0 atom stereocenters. The average Bonchev–Trinajstić information content (AvgIpc) is 3.12. The highest BCUT2D eigenvalue weighted by Gasteiger charge is 2.10. The Bertz CT molecular complexity index is 1120. The summed E-state index contributed by atoms with van der Waals surface area (Å²) < 4.78 is 2.07. The molecule has 0 radical (unpaired) electrons. The number of halogens is 1. The number of para-hydroxylation sites is 1. The van der Waals surface area contributed by atoms with Gasteiger partial charge in [-0.25, -0.2) is 4.98 Å². The fourth-order valence-electron chi connectivity index (χ4n) is 2.75. The maximum Gasteiger partial charge on any atom is 0.155 e. The first-order valence-electron chi connectivity index (χ1n) is 7.58. The number of fused-ring (bicyclic) bond motifs is 3. The smallest absolute Gasteiger partial charge is 0.155 e. The van der Waals surface area contributed by atoms with E-state index in [1.165, 1.54) is 6.21 Å². The zero-order valence-electron chi connectivity index (χ0n) is 13.0. The lowest BCUT2D eigenvalue weighted by Gasteiger charge is -2.12. The van der Waals surface area contributed by atoms with Crippen molar-refractivity contribution in [3.63, 3.8) is 0 Å². The minimum atomic E-state index is 0.632. The van der Waals surface area contributed by atoms with Crippen molar-refractivity contribution in [2.45, 2.75) is 0 Å². The van der Waals surface area contributed by atoms with E-state index in [9.17, 15) is 0 Å². The molecule has 0 saturated carbocycles. The summed E-state index contributed by atoms with van der Waals surface area (Å²) in [5.41, 5.74) is 11.1. The van der Waals surface area contributed by atoms with Crippen LogP contribution in [0.15, 0.2) is 71.1 Å². The number of benzene rings is 2. The first kappa shape index (κ1) is 15.3. The quantitative estimate of drug-likeness (QED) is 0.300. The van der Waals surface area contributed by atoms with Gasteiger partial charge in [0.2, 0.25) is 0 Å². The van der Waals surface area contributed by atoms with Crippen molar-refractivity contribution in [1.29, 1.82) is 5.53 Å². The number of nitrogens with one attached hydrogen (secondary N) is 2. The van der Waals surface area contributed by atoms with Gasteiger partial charge in [-0.1, -0.05) is 35.0 Å². The number of hydrogen-bond donors (Lipinski definition) is 2. The molecule has 0 fully saturated rings. The summed E-state index contributed by atoms with van der Waals surface area (Å²) in [6.45, 7) is 0. The van der Waals surface area contributed by atoms with Gasteiger partial charge in [0.05, 0.1) is 33.5 Å². The summed E-state index contributed by atoms with van der Waals surface area (Å²) in [5.74, 6) is 0.713. The van der Waals surface area contributed by atoms with Crippen LogP contribution in [0, 0.1) is 5.53 Å². The van der Waals surface area contributed by atoms with Crippen molar-refractivity contribution < 1.29 is 0 Å². The third kappa shape index (κ3) is 2.83. The van der Waals surface area contributed by atoms with E-state index in [1.54, 1.807) is 0 Å². The molecular formula is C18H13ClN6. The summed E-state index contributed by atoms with van der Waals surface area (Å²) in [6, 6.07) is 17.3. The van der Waals surface area contributed by atoms with E-state index < -0.39 is 0 Å². The second-order valence-electron chi connectivity index (χ2n) is 5.42. The first-order chi connectivity index (χ1) is 12.3. The highest BCUT2D eigenvalue weighted by atomic mass is 35.5. The lowest BCUT2D eigenvalue weighted by molar-refractivity contribution is 0.996. The van der Waals surface area contributed by atoms with Crippen LogP contribution in [0.25, 0.3) is 16.6 Å². The molecule has 0 aliphatic rings. The maximum absolute atomic E-state index is 6.77. The number of hydrogen-bond acceptors (Lipinski definition) is 4. The van der Waals surface area contributed by atoms with E-state index in [1.807, 2.05) is 60.8 Å². The number of anilines is 2. The third-order valence-electron chi connectivity index (χ3n) is 3.87. The van der Waals surface area contributed by atoms with Crippen molar-refractivity contribution in [3.8, 4) is 0 Å². The molecule has 4 rings (SSSR count). The largest absolute Gasteiger partial charge is 0.337 e. The molecule has 2 aromatic carbocycles. The molecule has 0 unspecified atom stereocenters. The van der Waals surface area contributed by atoms with Crippen molar-refractivity contribution >= 4 is 45.9 Å². The Hall–Kier alpha value is -3.25. The third-order valence-corrected chi connectivity index (χ3v) is 4.20. The summed E-state index contributed by atoms with van der Waals surface area (Å²) in [5, 5.41) is 10.5. The van der Waals surface area contributed by atoms with Crippen molar-refractivity contribution in [3.05, 3.63) is 71.4 Å². The summed E-state index contributed by atoms with van der Waals surface area (Å²) in [7, 11) is 0. The topological polar surface area (TPSA) is 77.9 Å². The van der Waals surface area contributed by atoms with E-state index >= 15 is 0 Å². The number of aromatic nitrogens is 2. The Balaban J connectivity index is 1.89. The lowest BCUT2D eigenvalue weighted by Crippen LogP contribution is -2.00. The van der Waals surface area contributed by atoms with Crippen LogP contribution >= 0.6 is 11.6 Å².